The van der Waals surface area contributed by atoms with Crippen molar-refractivity contribution in [1.82, 2.24) is 0 Å². The fourth-order valence-corrected chi connectivity index (χ4v) is 6.89. The molecule has 0 rings (SSSR count). The van der Waals surface area contributed by atoms with Crippen LogP contribution in [-0.4, -0.2) is 49.3 Å². The van der Waals surface area contributed by atoms with E-state index in [2.05, 4.69) is 50.3 Å². The van der Waals surface area contributed by atoms with E-state index >= 15 is 0 Å². The highest BCUT2D eigenvalue weighted by atomic mass is 31.2. The SMILES string of the molecule is CCCCC/C=C\C/C=C\CCCCCCCC(=O)OC[C@H](COP(=O)(O)OCCN)OC(=O)CCCCCCCCC/C=C\CCCCCCCCCC. The van der Waals surface area contributed by atoms with Gasteiger partial charge in [0.1, 0.15) is 6.61 Å². The summed E-state index contributed by atoms with van der Waals surface area (Å²) in [4.78, 5) is 34.9. The Balaban J connectivity index is 4.15. The Morgan fingerprint density at radius 1 is 0.545 bits per heavy atom. The lowest BCUT2D eigenvalue weighted by molar-refractivity contribution is -0.161. The second kappa shape index (κ2) is 41.9. The number of hydrogen-bond acceptors (Lipinski definition) is 8. The summed E-state index contributed by atoms with van der Waals surface area (Å²) in [6.07, 6.45) is 46.0. The van der Waals surface area contributed by atoms with Crippen LogP contribution in [0.25, 0.3) is 0 Å². The summed E-state index contributed by atoms with van der Waals surface area (Å²) in [7, 11) is -4.38. The van der Waals surface area contributed by atoms with Gasteiger partial charge in [0.25, 0.3) is 0 Å². The van der Waals surface area contributed by atoms with E-state index in [0.717, 1.165) is 64.2 Å². The largest absolute Gasteiger partial charge is 0.472 e. The molecule has 0 amide bonds. The van der Waals surface area contributed by atoms with Gasteiger partial charge in [-0.15, -0.1) is 0 Å². The number of allylic oxidation sites excluding steroid dienone is 6. The van der Waals surface area contributed by atoms with Gasteiger partial charge in [-0.25, -0.2) is 4.57 Å². The number of carbonyl (C=O) groups excluding carboxylic acids is 2. The molecule has 2 atom stereocenters. The van der Waals surface area contributed by atoms with Crippen LogP contribution in [0.5, 0.6) is 0 Å². The van der Waals surface area contributed by atoms with Gasteiger partial charge in [-0.3, -0.25) is 18.6 Å². The van der Waals surface area contributed by atoms with Crippen molar-refractivity contribution in [2.24, 2.45) is 5.73 Å². The monoisotopic (exact) mass is 798 g/mol. The molecule has 0 saturated carbocycles. The molecule has 3 N–H and O–H groups in total. The van der Waals surface area contributed by atoms with E-state index in [9.17, 15) is 19.0 Å². The van der Waals surface area contributed by atoms with Crippen LogP contribution < -0.4 is 5.73 Å². The van der Waals surface area contributed by atoms with E-state index in [4.69, 9.17) is 24.3 Å². The highest BCUT2D eigenvalue weighted by Crippen LogP contribution is 2.43. The Labute approximate surface area is 337 Å². The molecule has 0 spiro atoms. The number of ether oxygens (including phenoxy) is 2. The van der Waals surface area contributed by atoms with Crippen molar-refractivity contribution in [3.05, 3.63) is 36.5 Å². The molecule has 0 aromatic heterocycles. The standard InChI is InChI=1S/C45H84NO8P/c1-3-5-7-9-11-13-15-17-19-20-21-22-24-26-28-30-32-34-36-38-45(48)54-43(42-53-55(49,50)52-40-39-46)41-51-44(47)37-35-33-31-29-27-25-23-18-16-14-12-10-8-6-4-2/h12,14,18,20-21,23,43H,3-11,13,15-17,19,22,24-42,46H2,1-2H3,(H,49,50)/b14-12-,21-20-,23-18-/t43-/m1/s1. The van der Waals surface area contributed by atoms with Crippen molar-refractivity contribution in [2.45, 2.75) is 213 Å². The number of hydrogen-bond donors (Lipinski definition) is 2. The molecule has 9 nitrogen and oxygen atoms in total. The number of rotatable bonds is 42. The topological polar surface area (TPSA) is 134 Å². The molecule has 0 fully saturated rings. The van der Waals surface area contributed by atoms with Gasteiger partial charge in [0.2, 0.25) is 0 Å². The smallest absolute Gasteiger partial charge is 0.462 e. The zero-order chi connectivity index (χ0) is 40.3. The molecule has 0 saturated heterocycles. The lowest BCUT2D eigenvalue weighted by Gasteiger charge is -2.19. The fraction of sp³-hybridized carbons (Fsp3) is 0.822. The van der Waals surface area contributed by atoms with Gasteiger partial charge in [-0.2, -0.15) is 0 Å². The summed E-state index contributed by atoms with van der Waals surface area (Å²) in [6, 6.07) is 0. The first-order valence-electron chi connectivity index (χ1n) is 22.5. The van der Waals surface area contributed by atoms with Crippen LogP contribution in [0.1, 0.15) is 206 Å². The minimum Gasteiger partial charge on any atom is -0.462 e. The number of unbranched alkanes of at least 4 members (excludes halogenated alkanes) is 23. The average molecular weight is 798 g/mol. The van der Waals surface area contributed by atoms with Crippen molar-refractivity contribution < 1.29 is 37.6 Å². The van der Waals surface area contributed by atoms with Crippen LogP contribution in [-0.2, 0) is 32.7 Å². The molecule has 0 aliphatic heterocycles. The third kappa shape index (κ3) is 41.7. The predicted octanol–water partition coefficient (Wildman–Crippen LogP) is 12.9. The van der Waals surface area contributed by atoms with E-state index < -0.39 is 32.5 Å². The Hall–Kier alpha value is -1.77. The average Bonchev–Trinajstić information content (AvgIpc) is 3.17. The lowest BCUT2D eigenvalue weighted by Crippen LogP contribution is -2.29. The molecule has 0 aliphatic rings. The number of phosphoric acid groups is 1. The molecule has 0 aromatic carbocycles. The van der Waals surface area contributed by atoms with Gasteiger partial charge in [-0.05, 0) is 70.6 Å². The van der Waals surface area contributed by atoms with Gasteiger partial charge in [0.15, 0.2) is 6.10 Å². The quantitative estimate of drug-likeness (QED) is 0.0268. The minimum absolute atomic E-state index is 0.0505. The zero-order valence-corrected chi connectivity index (χ0v) is 36.3. The fourth-order valence-electron chi connectivity index (χ4n) is 6.13. The van der Waals surface area contributed by atoms with Crippen LogP contribution in [0.3, 0.4) is 0 Å². The summed E-state index contributed by atoms with van der Waals surface area (Å²) in [5.74, 6) is -0.846. The van der Waals surface area contributed by atoms with Crippen molar-refractivity contribution >= 4 is 19.8 Å². The Bertz CT molecular complexity index is 1000. The van der Waals surface area contributed by atoms with Gasteiger partial charge in [0.05, 0.1) is 13.2 Å². The molecule has 0 heterocycles. The van der Waals surface area contributed by atoms with E-state index in [0.29, 0.717) is 12.8 Å². The summed E-state index contributed by atoms with van der Waals surface area (Å²) in [6.45, 7) is 3.70. The molecule has 1 unspecified atom stereocenters. The van der Waals surface area contributed by atoms with Gasteiger partial charge >= 0.3 is 19.8 Å². The molecule has 0 radical (unpaired) electrons. The van der Waals surface area contributed by atoms with Crippen LogP contribution in [0.15, 0.2) is 36.5 Å². The van der Waals surface area contributed by atoms with E-state index in [-0.39, 0.29) is 32.6 Å². The van der Waals surface area contributed by atoms with Crippen LogP contribution in [0.2, 0.25) is 0 Å². The van der Waals surface area contributed by atoms with Crippen LogP contribution in [0, 0.1) is 0 Å². The summed E-state index contributed by atoms with van der Waals surface area (Å²) >= 11 is 0. The molecule has 10 heteroatoms. The molecule has 55 heavy (non-hydrogen) atoms. The molecule has 0 aromatic rings. The second-order valence-electron chi connectivity index (χ2n) is 14.9. The maximum Gasteiger partial charge on any atom is 0.472 e. The van der Waals surface area contributed by atoms with Gasteiger partial charge < -0.3 is 20.1 Å². The minimum atomic E-state index is -4.38. The van der Waals surface area contributed by atoms with Crippen molar-refractivity contribution in [3.8, 4) is 0 Å². The summed E-state index contributed by atoms with van der Waals surface area (Å²) in [5.41, 5.74) is 5.35. The van der Waals surface area contributed by atoms with Gasteiger partial charge in [0, 0.05) is 19.4 Å². The van der Waals surface area contributed by atoms with E-state index in [1.165, 1.54) is 103 Å². The van der Waals surface area contributed by atoms with Crippen molar-refractivity contribution in [2.75, 3.05) is 26.4 Å². The van der Waals surface area contributed by atoms with E-state index in [1.54, 1.807) is 0 Å². The maximum absolute atomic E-state index is 12.6. The first-order valence-corrected chi connectivity index (χ1v) is 24.0. The molecule has 0 aliphatic carbocycles. The first-order chi connectivity index (χ1) is 26.8. The third-order valence-electron chi connectivity index (χ3n) is 9.50. The zero-order valence-electron chi connectivity index (χ0n) is 35.4. The molecular formula is C45H84NO8P. The summed E-state index contributed by atoms with van der Waals surface area (Å²) in [5, 5.41) is 0. The second-order valence-corrected chi connectivity index (χ2v) is 16.4. The summed E-state index contributed by atoms with van der Waals surface area (Å²) < 4.78 is 32.8. The Morgan fingerprint density at radius 2 is 0.945 bits per heavy atom. The highest BCUT2D eigenvalue weighted by molar-refractivity contribution is 7.47. The molecular weight excluding hydrogens is 713 g/mol. The number of nitrogens with two attached hydrogens (primary N) is 1. The lowest BCUT2D eigenvalue weighted by atomic mass is 10.1. The highest BCUT2D eigenvalue weighted by Gasteiger charge is 2.26. The Morgan fingerprint density at radius 3 is 1.44 bits per heavy atom. The number of carbonyl (C=O) groups is 2. The van der Waals surface area contributed by atoms with Crippen LogP contribution >= 0.6 is 7.82 Å². The third-order valence-corrected chi connectivity index (χ3v) is 10.5. The predicted molar refractivity (Wildman–Crippen MR) is 229 cm³/mol. The van der Waals surface area contributed by atoms with Crippen molar-refractivity contribution in [1.29, 1.82) is 0 Å². The van der Waals surface area contributed by atoms with E-state index in [1.807, 2.05) is 0 Å². The van der Waals surface area contributed by atoms with Crippen LogP contribution in [0.4, 0.5) is 0 Å². The normalized spacial score (nSPS) is 13.6. The number of esters is 2. The van der Waals surface area contributed by atoms with Crippen molar-refractivity contribution in [3.63, 3.8) is 0 Å². The molecule has 322 valence electrons. The molecule has 0 bridgehead atoms. The first kappa shape index (κ1) is 53.2. The number of phosphoric ester groups is 1. The maximum atomic E-state index is 12.6. The Kier molecular flexibility index (Phi) is 40.5. The van der Waals surface area contributed by atoms with Gasteiger partial charge in [-0.1, -0.05) is 159 Å².